The van der Waals surface area contributed by atoms with E-state index in [0.29, 0.717) is 0 Å². The van der Waals surface area contributed by atoms with Crippen molar-refractivity contribution < 1.29 is 19.4 Å². The highest BCUT2D eigenvalue weighted by molar-refractivity contribution is 5.65. The molecule has 0 aliphatic rings. The average molecular weight is 206 g/mol. The summed E-state index contributed by atoms with van der Waals surface area (Å²) in [5.41, 5.74) is 0. The first-order valence-electron chi connectivity index (χ1n) is 5.00. The average Bonchev–Trinajstić information content (AvgIpc) is 2.16. The van der Waals surface area contributed by atoms with E-state index < -0.39 is 0 Å². The minimum atomic E-state index is -0.353. The molecule has 0 aromatic heterocycles. The zero-order chi connectivity index (χ0) is 11.2. The van der Waals surface area contributed by atoms with Gasteiger partial charge in [0.25, 0.3) is 0 Å². The maximum atomic E-state index is 9.87. The summed E-state index contributed by atoms with van der Waals surface area (Å²) in [6, 6.07) is 0. The van der Waals surface area contributed by atoms with Crippen LogP contribution >= 0.6 is 0 Å². The van der Waals surface area contributed by atoms with E-state index in [2.05, 4.69) is 18.6 Å². The quantitative estimate of drug-likeness (QED) is 0.526. The monoisotopic (exact) mass is 206 g/mol. The number of aliphatic hydroxyl groups excluding tert-OH is 1. The number of rotatable bonds is 6. The van der Waals surface area contributed by atoms with Gasteiger partial charge in [-0.1, -0.05) is 13.8 Å². The van der Waals surface area contributed by atoms with Crippen LogP contribution < -0.4 is 0 Å². The molecular formula is C10H22O4. The number of aliphatic hydroxyl groups is 1. The van der Waals surface area contributed by atoms with Crippen molar-refractivity contribution in [2.45, 2.75) is 33.6 Å². The van der Waals surface area contributed by atoms with Crippen molar-refractivity contribution in [1.82, 2.24) is 0 Å². The number of carbonyl (C=O) groups is 1. The lowest BCUT2D eigenvalue weighted by molar-refractivity contribution is -0.141. The third-order valence-electron chi connectivity index (χ3n) is 1.09. The second kappa shape index (κ2) is 14.9. The maximum Gasteiger partial charge on any atom is 0.302 e. The lowest BCUT2D eigenvalue weighted by atomic mass is 10.5. The first kappa shape index (κ1) is 15.8. The molecule has 0 bridgehead atoms. The van der Waals surface area contributed by atoms with Crippen molar-refractivity contribution in [3.63, 3.8) is 0 Å². The van der Waals surface area contributed by atoms with Crippen LogP contribution in [0.3, 0.4) is 0 Å². The Morgan fingerprint density at radius 1 is 1.14 bits per heavy atom. The molecule has 0 fully saturated rings. The molecule has 4 heteroatoms. The molecule has 0 radical (unpaired) electrons. The van der Waals surface area contributed by atoms with Crippen molar-refractivity contribution in [3.05, 3.63) is 0 Å². The fourth-order valence-electron chi connectivity index (χ4n) is 0.580. The summed E-state index contributed by atoms with van der Waals surface area (Å²) in [4.78, 5) is 9.87. The highest BCUT2D eigenvalue weighted by Gasteiger charge is 1.86. The van der Waals surface area contributed by atoms with Crippen molar-refractivity contribution in [1.29, 1.82) is 0 Å². The Bertz CT molecular complexity index is 111. The molecule has 0 aliphatic heterocycles. The Kier molecular flexibility index (Phi) is 16.9. The molecule has 0 aliphatic carbocycles. The molecule has 14 heavy (non-hydrogen) atoms. The zero-order valence-electron chi connectivity index (χ0n) is 9.41. The van der Waals surface area contributed by atoms with Gasteiger partial charge >= 0.3 is 5.97 Å². The molecule has 0 heterocycles. The van der Waals surface area contributed by atoms with Crippen LogP contribution in [0.5, 0.6) is 0 Å². The van der Waals surface area contributed by atoms with Crippen molar-refractivity contribution in [3.8, 4) is 0 Å². The van der Waals surface area contributed by atoms with Gasteiger partial charge in [-0.25, -0.2) is 0 Å². The van der Waals surface area contributed by atoms with E-state index in [9.17, 15) is 4.79 Å². The molecule has 0 aromatic carbocycles. The minimum absolute atomic E-state index is 0.0976. The van der Waals surface area contributed by atoms with Crippen LogP contribution in [-0.4, -0.2) is 37.5 Å². The molecule has 1 N–H and O–H groups in total. The number of carbonyl (C=O) groups excluding carboxylic acids is 1. The smallest absolute Gasteiger partial charge is 0.302 e. The summed E-state index contributed by atoms with van der Waals surface area (Å²) >= 11 is 0. The van der Waals surface area contributed by atoms with Gasteiger partial charge in [0.1, 0.15) is 6.61 Å². The molecule has 0 saturated heterocycles. The Hall–Kier alpha value is -0.610. The van der Waals surface area contributed by atoms with Crippen molar-refractivity contribution in [2.24, 2.45) is 0 Å². The van der Waals surface area contributed by atoms with E-state index >= 15 is 0 Å². The summed E-state index contributed by atoms with van der Waals surface area (Å²) in [7, 11) is 0. The first-order valence-corrected chi connectivity index (χ1v) is 5.00. The standard InChI is InChI=1S/C6H14O.C4H8O3/c1-3-5-7-6-4-2;1-4(6)7-3-2-5/h3-6H2,1-2H3;5H,2-3H2,1H3. The van der Waals surface area contributed by atoms with Gasteiger partial charge in [0.2, 0.25) is 0 Å². The molecule has 0 amide bonds. The largest absolute Gasteiger partial charge is 0.463 e. The van der Waals surface area contributed by atoms with Gasteiger partial charge < -0.3 is 14.6 Å². The SMILES string of the molecule is CC(=O)OCCO.CCCOCCC. The fraction of sp³-hybridized carbons (Fsp3) is 0.900. The normalized spacial score (nSPS) is 8.86. The number of hydrogen-bond acceptors (Lipinski definition) is 4. The number of esters is 1. The van der Waals surface area contributed by atoms with Crippen LogP contribution in [0.25, 0.3) is 0 Å². The van der Waals surface area contributed by atoms with Gasteiger partial charge in [0.05, 0.1) is 6.61 Å². The Morgan fingerprint density at radius 2 is 1.64 bits per heavy atom. The van der Waals surface area contributed by atoms with Crippen LogP contribution in [0, 0.1) is 0 Å². The van der Waals surface area contributed by atoms with Gasteiger partial charge in [-0.05, 0) is 12.8 Å². The van der Waals surface area contributed by atoms with Crippen LogP contribution in [0.2, 0.25) is 0 Å². The van der Waals surface area contributed by atoms with Crippen molar-refractivity contribution in [2.75, 3.05) is 26.4 Å². The Morgan fingerprint density at radius 3 is 1.86 bits per heavy atom. The molecule has 0 aromatic rings. The van der Waals surface area contributed by atoms with Crippen LogP contribution in [0.4, 0.5) is 0 Å². The summed E-state index contributed by atoms with van der Waals surface area (Å²) < 4.78 is 9.43. The molecule has 0 unspecified atom stereocenters. The van der Waals surface area contributed by atoms with Crippen LogP contribution in [0.15, 0.2) is 0 Å². The zero-order valence-corrected chi connectivity index (χ0v) is 9.41. The van der Waals surface area contributed by atoms with Crippen LogP contribution in [0.1, 0.15) is 33.6 Å². The highest BCUT2D eigenvalue weighted by atomic mass is 16.5. The van der Waals surface area contributed by atoms with Crippen molar-refractivity contribution >= 4 is 5.97 Å². The number of ether oxygens (including phenoxy) is 2. The highest BCUT2D eigenvalue weighted by Crippen LogP contribution is 1.81. The van der Waals surface area contributed by atoms with E-state index in [-0.39, 0.29) is 19.2 Å². The molecule has 86 valence electrons. The van der Waals surface area contributed by atoms with Gasteiger partial charge in [0, 0.05) is 20.1 Å². The predicted octanol–water partition coefficient (Wildman–Crippen LogP) is 1.36. The Labute approximate surface area is 86.2 Å². The Balaban J connectivity index is 0. The molecule has 0 rings (SSSR count). The lowest BCUT2D eigenvalue weighted by Crippen LogP contribution is -2.03. The molecule has 0 spiro atoms. The van der Waals surface area contributed by atoms with Gasteiger partial charge in [0.15, 0.2) is 0 Å². The second-order valence-electron chi connectivity index (χ2n) is 2.68. The lowest BCUT2D eigenvalue weighted by Gasteiger charge is -1.95. The third kappa shape index (κ3) is 22.5. The molecule has 0 atom stereocenters. The van der Waals surface area contributed by atoms with Gasteiger partial charge in [-0.15, -0.1) is 0 Å². The second-order valence-corrected chi connectivity index (χ2v) is 2.68. The fourth-order valence-corrected chi connectivity index (χ4v) is 0.580. The van der Waals surface area contributed by atoms with Gasteiger partial charge in [-0.3, -0.25) is 4.79 Å². The van der Waals surface area contributed by atoms with E-state index in [4.69, 9.17) is 9.84 Å². The topological polar surface area (TPSA) is 55.8 Å². The van der Waals surface area contributed by atoms with E-state index in [1.807, 2.05) is 0 Å². The van der Waals surface area contributed by atoms with Crippen LogP contribution in [-0.2, 0) is 14.3 Å². The minimum Gasteiger partial charge on any atom is -0.463 e. The van der Waals surface area contributed by atoms with E-state index in [1.165, 1.54) is 6.92 Å². The van der Waals surface area contributed by atoms with Gasteiger partial charge in [-0.2, -0.15) is 0 Å². The summed E-state index contributed by atoms with van der Waals surface area (Å²) in [5.74, 6) is -0.353. The summed E-state index contributed by atoms with van der Waals surface area (Å²) in [6.45, 7) is 7.40. The molecule has 4 nitrogen and oxygen atoms in total. The maximum absolute atomic E-state index is 9.87. The first-order chi connectivity index (χ1) is 6.68. The van der Waals surface area contributed by atoms with E-state index in [1.54, 1.807) is 0 Å². The predicted molar refractivity (Wildman–Crippen MR) is 55.1 cm³/mol. The summed E-state index contributed by atoms with van der Waals surface area (Å²) in [6.07, 6.45) is 2.28. The molecule has 0 saturated carbocycles. The molecular weight excluding hydrogens is 184 g/mol. The summed E-state index contributed by atoms with van der Waals surface area (Å²) in [5, 5.41) is 8.04. The van der Waals surface area contributed by atoms with E-state index in [0.717, 1.165) is 26.1 Å². The third-order valence-corrected chi connectivity index (χ3v) is 1.09. The number of hydrogen-bond donors (Lipinski definition) is 1.